The van der Waals surface area contributed by atoms with Gasteiger partial charge in [0.05, 0.1) is 6.10 Å². The van der Waals surface area contributed by atoms with Crippen molar-refractivity contribution >= 4 is 12.0 Å². The van der Waals surface area contributed by atoms with Crippen LogP contribution in [0.25, 0.3) is 6.08 Å². The van der Waals surface area contributed by atoms with Crippen LogP contribution in [-0.4, -0.2) is 41.9 Å². The van der Waals surface area contributed by atoms with E-state index in [4.69, 9.17) is 14.6 Å². The fraction of sp³-hybridized carbons (Fsp3) is 0.308. The summed E-state index contributed by atoms with van der Waals surface area (Å²) in [6.45, 7) is 1.09. The lowest BCUT2D eigenvalue weighted by Crippen LogP contribution is -2.52. The molecular weight excluding hydrogens is 234 g/mol. The first-order valence-corrected chi connectivity index (χ1v) is 5.77. The van der Waals surface area contributed by atoms with Crippen LogP contribution in [0.1, 0.15) is 5.56 Å². The molecule has 0 bridgehead atoms. The van der Waals surface area contributed by atoms with Crippen LogP contribution >= 0.6 is 0 Å². The van der Waals surface area contributed by atoms with Crippen LogP contribution in [-0.2, 0) is 4.79 Å². The van der Waals surface area contributed by atoms with Gasteiger partial charge >= 0.3 is 0 Å². The molecule has 94 valence electrons. The van der Waals surface area contributed by atoms with Crippen molar-refractivity contribution in [3.05, 3.63) is 29.8 Å². The monoisotopic (exact) mass is 247 g/mol. The Morgan fingerprint density at radius 2 is 2.11 bits per heavy atom. The normalized spacial score (nSPS) is 18.2. The first-order valence-electron chi connectivity index (χ1n) is 5.77. The van der Waals surface area contributed by atoms with Gasteiger partial charge in [-0.1, -0.05) is 6.07 Å². The number of carbonyl (C=O) groups is 1. The van der Waals surface area contributed by atoms with Gasteiger partial charge < -0.3 is 19.5 Å². The number of nitrogens with zero attached hydrogens (tertiary/aromatic N) is 1. The molecule has 2 heterocycles. The number of carbonyl (C=O) groups excluding carboxylic acids is 1. The molecule has 1 aromatic rings. The van der Waals surface area contributed by atoms with E-state index in [1.165, 1.54) is 6.08 Å². The van der Waals surface area contributed by atoms with Crippen LogP contribution in [0.5, 0.6) is 11.5 Å². The second kappa shape index (κ2) is 4.34. The number of β-amino-alcohol motifs (C(OH)–C–C–N with tert-alkyl or cyclic N) is 1. The number of fused-ring (bicyclic) bond motifs is 1. The van der Waals surface area contributed by atoms with Gasteiger partial charge in [0.15, 0.2) is 11.5 Å². The molecule has 5 heteroatoms. The number of hydrogen-bond acceptors (Lipinski definition) is 4. The summed E-state index contributed by atoms with van der Waals surface area (Å²) >= 11 is 0. The molecule has 1 fully saturated rings. The Morgan fingerprint density at radius 3 is 2.89 bits per heavy atom. The summed E-state index contributed by atoms with van der Waals surface area (Å²) in [5, 5.41) is 9.11. The third kappa shape index (κ3) is 2.04. The van der Waals surface area contributed by atoms with Gasteiger partial charge in [-0.3, -0.25) is 4.79 Å². The van der Waals surface area contributed by atoms with Crippen LogP contribution in [0.2, 0.25) is 0 Å². The minimum Gasteiger partial charge on any atom is -0.454 e. The maximum Gasteiger partial charge on any atom is 0.246 e. The third-order valence-corrected chi connectivity index (χ3v) is 2.99. The number of aliphatic hydroxyl groups is 1. The van der Waals surface area contributed by atoms with Gasteiger partial charge in [-0.15, -0.1) is 0 Å². The average Bonchev–Trinajstić information content (AvgIpc) is 2.79. The number of hydrogen-bond donors (Lipinski definition) is 1. The number of amides is 1. The molecule has 3 rings (SSSR count). The lowest BCUT2D eigenvalue weighted by Gasteiger charge is -2.34. The third-order valence-electron chi connectivity index (χ3n) is 2.99. The van der Waals surface area contributed by atoms with E-state index in [1.54, 1.807) is 11.0 Å². The van der Waals surface area contributed by atoms with E-state index >= 15 is 0 Å². The Kier molecular flexibility index (Phi) is 2.68. The molecule has 0 aromatic heterocycles. The van der Waals surface area contributed by atoms with Crippen LogP contribution in [0.15, 0.2) is 24.3 Å². The van der Waals surface area contributed by atoms with Crippen molar-refractivity contribution in [1.29, 1.82) is 0 Å². The minimum atomic E-state index is -0.368. The Labute approximate surface area is 104 Å². The van der Waals surface area contributed by atoms with E-state index in [2.05, 4.69) is 0 Å². The van der Waals surface area contributed by atoms with Crippen LogP contribution in [0, 0.1) is 0 Å². The lowest BCUT2D eigenvalue weighted by atomic mass is 10.1. The molecule has 2 aliphatic rings. The smallest absolute Gasteiger partial charge is 0.246 e. The SMILES string of the molecule is O=C(C=Cc1ccc2c(c1)OCO2)N1CC(O)C1. The number of likely N-dealkylation sites (tertiary alicyclic amines) is 1. The molecule has 0 saturated carbocycles. The average molecular weight is 247 g/mol. The molecule has 18 heavy (non-hydrogen) atoms. The van der Waals surface area contributed by atoms with E-state index in [0.29, 0.717) is 18.8 Å². The molecule has 1 N–H and O–H groups in total. The summed E-state index contributed by atoms with van der Waals surface area (Å²) in [5.74, 6) is 1.34. The summed E-state index contributed by atoms with van der Waals surface area (Å²) in [7, 11) is 0. The predicted octanol–water partition coefficient (Wildman–Crippen LogP) is 0.632. The van der Waals surface area contributed by atoms with Crippen LogP contribution in [0.4, 0.5) is 0 Å². The predicted molar refractivity (Wildman–Crippen MR) is 64.2 cm³/mol. The maximum absolute atomic E-state index is 11.7. The standard InChI is InChI=1S/C13H13NO4/c15-10-6-14(7-10)13(16)4-2-9-1-3-11-12(5-9)18-8-17-11/h1-5,10,15H,6-8H2. The zero-order valence-electron chi connectivity index (χ0n) is 9.70. The first kappa shape index (κ1) is 11.1. The zero-order chi connectivity index (χ0) is 12.5. The highest BCUT2D eigenvalue weighted by Gasteiger charge is 2.27. The highest BCUT2D eigenvalue weighted by atomic mass is 16.7. The van der Waals surface area contributed by atoms with Gasteiger partial charge in [0.2, 0.25) is 12.7 Å². The van der Waals surface area contributed by atoms with Gasteiger partial charge in [-0.05, 0) is 23.8 Å². The Morgan fingerprint density at radius 1 is 1.33 bits per heavy atom. The molecule has 1 saturated heterocycles. The minimum absolute atomic E-state index is 0.0852. The van der Waals surface area contributed by atoms with Crippen molar-refractivity contribution in [2.75, 3.05) is 19.9 Å². The van der Waals surface area contributed by atoms with Gasteiger partial charge in [0.25, 0.3) is 0 Å². The molecule has 2 aliphatic heterocycles. The molecule has 1 amide bonds. The molecule has 0 aliphatic carbocycles. The molecular formula is C13H13NO4. The summed E-state index contributed by atoms with van der Waals surface area (Å²) in [5.41, 5.74) is 0.883. The summed E-state index contributed by atoms with van der Waals surface area (Å²) in [4.78, 5) is 13.2. The zero-order valence-corrected chi connectivity index (χ0v) is 9.70. The van der Waals surface area contributed by atoms with Gasteiger partial charge in [-0.2, -0.15) is 0 Å². The van der Waals surface area contributed by atoms with E-state index in [0.717, 1.165) is 11.3 Å². The summed E-state index contributed by atoms with van der Waals surface area (Å²) in [6.07, 6.45) is 2.87. The Hall–Kier alpha value is -2.01. The van der Waals surface area contributed by atoms with Crippen molar-refractivity contribution in [2.24, 2.45) is 0 Å². The molecule has 1 aromatic carbocycles. The van der Waals surface area contributed by atoms with E-state index in [9.17, 15) is 4.79 Å². The molecule has 5 nitrogen and oxygen atoms in total. The van der Waals surface area contributed by atoms with E-state index in [1.807, 2.05) is 18.2 Å². The van der Waals surface area contributed by atoms with Gasteiger partial charge in [0.1, 0.15) is 0 Å². The fourth-order valence-electron chi connectivity index (χ4n) is 1.92. The quantitative estimate of drug-likeness (QED) is 0.779. The molecule has 0 unspecified atom stereocenters. The largest absolute Gasteiger partial charge is 0.454 e. The Bertz CT molecular complexity index is 506. The number of rotatable bonds is 2. The van der Waals surface area contributed by atoms with Crippen LogP contribution < -0.4 is 9.47 Å². The molecule has 0 radical (unpaired) electrons. The van der Waals surface area contributed by atoms with E-state index in [-0.39, 0.29) is 18.8 Å². The van der Waals surface area contributed by atoms with E-state index < -0.39 is 0 Å². The number of aliphatic hydroxyl groups excluding tert-OH is 1. The highest BCUT2D eigenvalue weighted by molar-refractivity contribution is 5.92. The lowest BCUT2D eigenvalue weighted by molar-refractivity contribution is -0.135. The van der Waals surface area contributed by atoms with Crippen molar-refractivity contribution in [3.63, 3.8) is 0 Å². The second-order valence-corrected chi connectivity index (χ2v) is 4.34. The van der Waals surface area contributed by atoms with Crippen molar-refractivity contribution in [1.82, 2.24) is 4.90 Å². The van der Waals surface area contributed by atoms with Crippen molar-refractivity contribution < 1.29 is 19.4 Å². The first-order chi connectivity index (χ1) is 8.72. The van der Waals surface area contributed by atoms with Crippen LogP contribution in [0.3, 0.4) is 0 Å². The van der Waals surface area contributed by atoms with Gasteiger partial charge in [-0.25, -0.2) is 0 Å². The fourth-order valence-corrected chi connectivity index (χ4v) is 1.92. The Balaban J connectivity index is 1.67. The molecule has 0 spiro atoms. The molecule has 0 atom stereocenters. The number of benzene rings is 1. The topological polar surface area (TPSA) is 59.0 Å². The van der Waals surface area contributed by atoms with Gasteiger partial charge in [0, 0.05) is 19.2 Å². The second-order valence-electron chi connectivity index (χ2n) is 4.34. The summed E-state index contributed by atoms with van der Waals surface area (Å²) < 4.78 is 10.5. The number of ether oxygens (including phenoxy) is 2. The van der Waals surface area contributed by atoms with Crippen molar-refractivity contribution in [2.45, 2.75) is 6.10 Å². The highest BCUT2D eigenvalue weighted by Crippen LogP contribution is 2.32. The van der Waals surface area contributed by atoms with Crippen molar-refractivity contribution in [3.8, 4) is 11.5 Å². The summed E-state index contributed by atoms with van der Waals surface area (Å²) in [6, 6.07) is 5.51. The maximum atomic E-state index is 11.7.